The Morgan fingerprint density at radius 1 is 1.19 bits per heavy atom. The van der Waals surface area contributed by atoms with Crippen molar-refractivity contribution in [1.82, 2.24) is 24.8 Å². The number of halogens is 1. The van der Waals surface area contributed by atoms with Crippen molar-refractivity contribution in [2.75, 3.05) is 26.2 Å². The smallest absolute Gasteiger partial charge is 0.251 e. The summed E-state index contributed by atoms with van der Waals surface area (Å²) < 4.78 is 21.9. The Labute approximate surface area is 185 Å². The zero-order chi connectivity index (χ0) is 21.7. The molecule has 3 aliphatic rings. The molecule has 1 N–H and O–H groups in total. The van der Waals surface area contributed by atoms with Gasteiger partial charge in [-0.2, -0.15) is 0 Å². The lowest BCUT2D eigenvalue weighted by Crippen LogP contribution is -2.43. The molecule has 166 valence electrons. The molecule has 0 aromatic carbocycles. The summed E-state index contributed by atoms with van der Waals surface area (Å²) in [6.07, 6.45) is 6.18. The maximum Gasteiger partial charge on any atom is 0.251 e. The Balaban J connectivity index is 1.07. The molecular formula is C24H26FN5O2. The quantitative estimate of drug-likeness (QED) is 0.663. The number of hydrogen-bond acceptors (Lipinski definition) is 6. The van der Waals surface area contributed by atoms with Crippen LogP contribution in [-0.4, -0.2) is 51.7 Å². The summed E-state index contributed by atoms with van der Waals surface area (Å²) in [7, 11) is 0. The minimum Gasteiger partial charge on any atom is -0.491 e. The van der Waals surface area contributed by atoms with Gasteiger partial charge in [0.25, 0.3) is 5.56 Å². The first-order chi connectivity index (χ1) is 15.7. The summed E-state index contributed by atoms with van der Waals surface area (Å²) in [4.78, 5) is 23.4. The molecular weight excluding hydrogens is 409 g/mol. The third kappa shape index (κ3) is 3.47. The van der Waals surface area contributed by atoms with E-state index in [-0.39, 0.29) is 17.3 Å². The predicted octanol–water partition coefficient (Wildman–Crippen LogP) is 2.22. The van der Waals surface area contributed by atoms with E-state index in [0.29, 0.717) is 29.2 Å². The Bertz CT molecular complexity index is 1240. The van der Waals surface area contributed by atoms with Crippen LogP contribution in [0.2, 0.25) is 0 Å². The number of aromatic nitrogens is 3. The van der Waals surface area contributed by atoms with E-state index in [9.17, 15) is 9.18 Å². The van der Waals surface area contributed by atoms with Crippen LogP contribution < -0.4 is 15.6 Å². The maximum atomic E-state index is 14.7. The molecule has 1 fully saturated rings. The maximum absolute atomic E-state index is 14.7. The van der Waals surface area contributed by atoms with E-state index in [2.05, 4.69) is 26.3 Å². The topological polar surface area (TPSA) is 72.3 Å². The van der Waals surface area contributed by atoms with E-state index in [1.54, 1.807) is 10.6 Å². The number of rotatable bonds is 5. The number of pyridine rings is 3. The van der Waals surface area contributed by atoms with Gasteiger partial charge in [-0.25, -0.2) is 4.39 Å². The second-order valence-electron chi connectivity index (χ2n) is 9.07. The van der Waals surface area contributed by atoms with Crippen molar-refractivity contribution in [3.8, 4) is 5.75 Å². The molecule has 0 amide bonds. The summed E-state index contributed by atoms with van der Waals surface area (Å²) in [5, 5.41) is 3.65. The summed E-state index contributed by atoms with van der Waals surface area (Å²) in [5.74, 6) is 0.599. The Morgan fingerprint density at radius 3 is 2.94 bits per heavy atom. The van der Waals surface area contributed by atoms with Gasteiger partial charge in [-0.1, -0.05) is 0 Å². The van der Waals surface area contributed by atoms with Gasteiger partial charge in [0.2, 0.25) is 0 Å². The normalized spacial score (nSPS) is 20.6. The SMILES string of the molecule is O=c1ccc2ncc(F)c3c2n1C[C@H]3CN1CCC(NCc2cc3c(cn2)OCC3)CC1. The first-order valence-corrected chi connectivity index (χ1v) is 11.4. The van der Waals surface area contributed by atoms with Crippen LogP contribution in [0.25, 0.3) is 11.0 Å². The number of ether oxygens (including phenoxy) is 1. The second kappa shape index (κ2) is 7.94. The van der Waals surface area contributed by atoms with Gasteiger partial charge < -0.3 is 19.5 Å². The molecule has 0 spiro atoms. The van der Waals surface area contributed by atoms with Crippen LogP contribution in [0, 0.1) is 5.82 Å². The largest absolute Gasteiger partial charge is 0.491 e. The van der Waals surface area contributed by atoms with E-state index < -0.39 is 0 Å². The fourth-order valence-electron chi connectivity index (χ4n) is 5.40. The minimum atomic E-state index is -0.303. The third-order valence-corrected chi connectivity index (χ3v) is 7.07. The average Bonchev–Trinajstić information content (AvgIpc) is 3.43. The summed E-state index contributed by atoms with van der Waals surface area (Å²) in [6, 6.07) is 5.82. The predicted molar refractivity (Wildman–Crippen MR) is 118 cm³/mol. The fraction of sp³-hybridized carbons (Fsp3) is 0.458. The van der Waals surface area contributed by atoms with Gasteiger partial charge in [-0.15, -0.1) is 0 Å². The second-order valence-corrected chi connectivity index (χ2v) is 9.07. The first kappa shape index (κ1) is 19.8. The zero-order valence-electron chi connectivity index (χ0n) is 17.9. The molecule has 6 heterocycles. The standard InChI is InChI=1S/C24H26FN5O2/c25-19-11-28-20-1-2-22(31)30-14-16(23(19)24(20)30)13-29-6-3-17(4-7-29)26-10-18-9-15-5-8-32-21(15)12-27-18/h1-2,9,11-12,16-17,26H,3-8,10,13-14H2/t16-/m1/s1. The monoisotopic (exact) mass is 435 g/mol. The average molecular weight is 436 g/mol. The van der Waals surface area contributed by atoms with Crippen LogP contribution in [0.3, 0.4) is 0 Å². The molecule has 0 bridgehead atoms. The highest BCUT2D eigenvalue weighted by atomic mass is 19.1. The molecule has 0 unspecified atom stereocenters. The number of likely N-dealkylation sites (tertiary alicyclic amines) is 1. The fourth-order valence-corrected chi connectivity index (χ4v) is 5.40. The van der Waals surface area contributed by atoms with E-state index in [4.69, 9.17) is 4.74 Å². The molecule has 1 saturated heterocycles. The van der Waals surface area contributed by atoms with Gasteiger partial charge in [-0.3, -0.25) is 14.8 Å². The van der Waals surface area contributed by atoms with Crippen LogP contribution >= 0.6 is 0 Å². The van der Waals surface area contributed by atoms with Crippen molar-refractivity contribution >= 4 is 11.0 Å². The third-order valence-electron chi connectivity index (χ3n) is 7.07. The lowest BCUT2D eigenvalue weighted by molar-refractivity contribution is 0.184. The Hall–Kier alpha value is -2.84. The van der Waals surface area contributed by atoms with Gasteiger partial charge in [0.1, 0.15) is 11.6 Å². The van der Waals surface area contributed by atoms with Crippen molar-refractivity contribution in [2.45, 2.75) is 44.3 Å². The van der Waals surface area contributed by atoms with Gasteiger partial charge in [0, 0.05) is 55.2 Å². The number of fused-ring (bicyclic) bond motifs is 1. The van der Waals surface area contributed by atoms with E-state index >= 15 is 0 Å². The first-order valence-electron chi connectivity index (χ1n) is 11.4. The molecule has 8 heteroatoms. The minimum absolute atomic E-state index is 0.0158. The van der Waals surface area contributed by atoms with Gasteiger partial charge in [0.15, 0.2) is 0 Å². The zero-order valence-corrected chi connectivity index (χ0v) is 17.9. The van der Waals surface area contributed by atoms with Crippen molar-refractivity contribution in [3.63, 3.8) is 0 Å². The van der Waals surface area contributed by atoms with Gasteiger partial charge >= 0.3 is 0 Å². The van der Waals surface area contributed by atoms with E-state index in [0.717, 1.165) is 63.5 Å². The lowest BCUT2D eigenvalue weighted by atomic mass is 9.98. The van der Waals surface area contributed by atoms with Gasteiger partial charge in [0.05, 0.1) is 35.7 Å². The highest BCUT2D eigenvalue weighted by Crippen LogP contribution is 2.34. The van der Waals surface area contributed by atoms with Crippen LogP contribution in [0.5, 0.6) is 5.75 Å². The molecule has 0 saturated carbocycles. The van der Waals surface area contributed by atoms with Crippen molar-refractivity contribution in [1.29, 1.82) is 0 Å². The van der Waals surface area contributed by atoms with Crippen LogP contribution in [-0.2, 0) is 19.5 Å². The van der Waals surface area contributed by atoms with Crippen molar-refractivity contribution in [2.24, 2.45) is 0 Å². The Morgan fingerprint density at radius 2 is 2.06 bits per heavy atom. The van der Waals surface area contributed by atoms with E-state index in [1.165, 1.54) is 17.8 Å². The molecule has 1 atom stereocenters. The highest BCUT2D eigenvalue weighted by Gasteiger charge is 2.31. The number of piperidine rings is 1. The summed E-state index contributed by atoms with van der Waals surface area (Å²) in [6.45, 7) is 4.72. The molecule has 3 aromatic rings. The number of nitrogens with zero attached hydrogens (tertiary/aromatic N) is 4. The summed E-state index contributed by atoms with van der Waals surface area (Å²) >= 11 is 0. The number of nitrogens with one attached hydrogen (secondary N) is 1. The molecule has 3 aromatic heterocycles. The van der Waals surface area contributed by atoms with E-state index in [1.807, 2.05) is 6.20 Å². The molecule has 6 rings (SSSR count). The van der Waals surface area contributed by atoms with Crippen molar-refractivity contribution < 1.29 is 9.13 Å². The van der Waals surface area contributed by atoms with Crippen LogP contribution in [0.15, 0.2) is 35.4 Å². The molecule has 0 radical (unpaired) electrons. The van der Waals surface area contributed by atoms with Crippen LogP contribution in [0.4, 0.5) is 4.39 Å². The summed E-state index contributed by atoms with van der Waals surface area (Å²) in [5.41, 5.74) is 4.25. The Kier molecular flexibility index (Phi) is 4.91. The van der Waals surface area contributed by atoms with Gasteiger partial charge in [-0.05, 0) is 38.1 Å². The van der Waals surface area contributed by atoms with Crippen molar-refractivity contribution in [3.05, 3.63) is 63.6 Å². The highest BCUT2D eigenvalue weighted by molar-refractivity contribution is 5.80. The molecule has 0 aliphatic carbocycles. The molecule has 32 heavy (non-hydrogen) atoms. The molecule has 3 aliphatic heterocycles. The lowest BCUT2D eigenvalue weighted by Gasteiger charge is -2.34. The van der Waals surface area contributed by atoms with Crippen LogP contribution in [0.1, 0.15) is 35.6 Å². The number of hydrogen-bond donors (Lipinski definition) is 1. The molecule has 7 nitrogen and oxygen atoms in total.